The van der Waals surface area contributed by atoms with E-state index in [1.54, 1.807) is 23.5 Å². The van der Waals surface area contributed by atoms with Crippen molar-refractivity contribution in [1.82, 2.24) is 9.71 Å². The van der Waals surface area contributed by atoms with Crippen LogP contribution in [0, 0.1) is 6.92 Å². The first-order chi connectivity index (χ1) is 9.92. The van der Waals surface area contributed by atoms with Crippen molar-refractivity contribution in [2.75, 3.05) is 5.43 Å². The summed E-state index contributed by atoms with van der Waals surface area (Å²) >= 11 is 1.66. The van der Waals surface area contributed by atoms with E-state index in [4.69, 9.17) is 5.84 Å². The SMILES string of the molecule is Cc1ccc(CC(C)NS(=O)(=O)c2ncccc2NN)s1. The van der Waals surface area contributed by atoms with Gasteiger partial charge in [0.15, 0.2) is 5.03 Å². The van der Waals surface area contributed by atoms with Crippen LogP contribution in [-0.4, -0.2) is 19.4 Å². The molecule has 0 radical (unpaired) electrons. The van der Waals surface area contributed by atoms with Crippen molar-refractivity contribution in [3.05, 3.63) is 40.2 Å². The van der Waals surface area contributed by atoms with E-state index in [9.17, 15) is 8.42 Å². The Balaban J connectivity index is 2.13. The molecule has 0 saturated heterocycles. The van der Waals surface area contributed by atoms with E-state index in [1.807, 2.05) is 26.0 Å². The van der Waals surface area contributed by atoms with Crippen molar-refractivity contribution < 1.29 is 8.42 Å². The summed E-state index contributed by atoms with van der Waals surface area (Å²) in [5.41, 5.74) is 2.62. The van der Waals surface area contributed by atoms with Crippen molar-refractivity contribution in [2.45, 2.75) is 31.3 Å². The second-order valence-electron chi connectivity index (χ2n) is 4.74. The number of nitrogens with two attached hydrogens (primary N) is 1. The van der Waals surface area contributed by atoms with Crippen LogP contribution in [0.15, 0.2) is 35.5 Å². The fraction of sp³-hybridized carbons (Fsp3) is 0.308. The maximum Gasteiger partial charge on any atom is 0.260 e. The smallest absolute Gasteiger partial charge is 0.260 e. The number of nitrogens with zero attached hydrogens (tertiary/aromatic N) is 1. The zero-order valence-electron chi connectivity index (χ0n) is 11.8. The van der Waals surface area contributed by atoms with Gasteiger partial charge in [-0.05, 0) is 44.5 Å². The van der Waals surface area contributed by atoms with Crippen LogP contribution in [0.4, 0.5) is 5.69 Å². The Labute approximate surface area is 128 Å². The summed E-state index contributed by atoms with van der Waals surface area (Å²) in [5, 5.41) is -0.0956. The molecule has 4 N–H and O–H groups in total. The van der Waals surface area contributed by atoms with Crippen molar-refractivity contribution >= 4 is 27.0 Å². The van der Waals surface area contributed by atoms with E-state index in [0.29, 0.717) is 6.42 Å². The second kappa shape index (κ2) is 6.52. The third-order valence-corrected chi connectivity index (χ3v) is 5.41. The van der Waals surface area contributed by atoms with Gasteiger partial charge in [0.25, 0.3) is 10.0 Å². The van der Waals surface area contributed by atoms with Gasteiger partial charge >= 0.3 is 0 Å². The number of aryl methyl sites for hydroxylation is 1. The molecule has 0 aliphatic rings. The first-order valence-corrected chi connectivity index (χ1v) is 8.71. The van der Waals surface area contributed by atoms with Gasteiger partial charge in [-0.2, -0.15) is 0 Å². The number of thiophene rings is 1. The Morgan fingerprint density at radius 1 is 1.38 bits per heavy atom. The molecule has 8 heteroatoms. The van der Waals surface area contributed by atoms with Crippen LogP contribution in [-0.2, 0) is 16.4 Å². The predicted octanol–water partition coefficient (Wildman–Crippen LogP) is 1.65. The zero-order chi connectivity index (χ0) is 15.5. The van der Waals surface area contributed by atoms with Gasteiger partial charge in [0.2, 0.25) is 0 Å². The lowest BCUT2D eigenvalue weighted by Gasteiger charge is -2.14. The highest BCUT2D eigenvalue weighted by molar-refractivity contribution is 7.89. The third-order valence-electron chi connectivity index (χ3n) is 2.84. The van der Waals surface area contributed by atoms with Gasteiger partial charge in [-0.15, -0.1) is 11.3 Å². The minimum absolute atomic E-state index is 0.0956. The number of nitrogens with one attached hydrogen (secondary N) is 2. The summed E-state index contributed by atoms with van der Waals surface area (Å²) in [5.74, 6) is 5.32. The lowest BCUT2D eigenvalue weighted by atomic mass is 10.2. The summed E-state index contributed by atoms with van der Waals surface area (Å²) in [6.07, 6.45) is 2.05. The molecule has 0 aliphatic heterocycles. The van der Waals surface area contributed by atoms with Gasteiger partial charge in [-0.1, -0.05) is 0 Å². The molecular weight excluding hydrogens is 308 g/mol. The van der Waals surface area contributed by atoms with Gasteiger partial charge in [-0.3, -0.25) is 5.84 Å². The van der Waals surface area contributed by atoms with Crippen LogP contribution in [0.25, 0.3) is 0 Å². The zero-order valence-corrected chi connectivity index (χ0v) is 13.5. The number of nitrogen functional groups attached to an aromatic ring is 1. The van der Waals surface area contributed by atoms with Gasteiger partial charge in [0.1, 0.15) is 0 Å². The molecule has 0 amide bonds. The molecule has 21 heavy (non-hydrogen) atoms. The van der Waals surface area contributed by atoms with Crippen molar-refractivity contribution in [2.24, 2.45) is 5.84 Å². The molecule has 1 unspecified atom stereocenters. The molecule has 2 heterocycles. The van der Waals surface area contributed by atoms with Gasteiger partial charge in [0, 0.05) is 22.0 Å². The average Bonchev–Trinajstić information content (AvgIpc) is 2.83. The summed E-state index contributed by atoms with van der Waals surface area (Å²) in [4.78, 5) is 6.24. The molecule has 2 aromatic heterocycles. The number of hydrogen-bond acceptors (Lipinski definition) is 6. The monoisotopic (exact) mass is 326 g/mol. The molecule has 1 atom stereocenters. The topological polar surface area (TPSA) is 97.1 Å². The molecule has 2 aromatic rings. The highest BCUT2D eigenvalue weighted by Gasteiger charge is 2.22. The number of hydrazine groups is 1. The number of rotatable bonds is 6. The highest BCUT2D eigenvalue weighted by atomic mass is 32.2. The molecule has 114 valence electrons. The minimum Gasteiger partial charge on any atom is -0.321 e. The molecule has 2 rings (SSSR count). The molecule has 0 aliphatic carbocycles. The molecule has 0 bridgehead atoms. The molecular formula is C13H18N4O2S2. The molecule has 6 nitrogen and oxygen atoms in total. The fourth-order valence-corrected chi connectivity index (χ4v) is 4.33. The maximum absolute atomic E-state index is 12.4. The van der Waals surface area contributed by atoms with E-state index in [1.165, 1.54) is 11.1 Å². The first kappa shape index (κ1) is 15.9. The van der Waals surface area contributed by atoms with Crippen LogP contribution in [0.5, 0.6) is 0 Å². The predicted molar refractivity (Wildman–Crippen MR) is 84.6 cm³/mol. The van der Waals surface area contributed by atoms with Crippen LogP contribution in [0.2, 0.25) is 0 Å². The molecule has 0 aromatic carbocycles. The lowest BCUT2D eigenvalue weighted by Crippen LogP contribution is -2.35. The van der Waals surface area contributed by atoms with E-state index >= 15 is 0 Å². The lowest BCUT2D eigenvalue weighted by molar-refractivity contribution is 0.557. The van der Waals surface area contributed by atoms with E-state index in [0.717, 1.165) is 4.88 Å². The molecule has 0 fully saturated rings. The van der Waals surface area contributed by atoms with Crippen LogP contribution < -0.4 is 16.0 Å². The van der Waals surface area contributed by atoms with E-state index in [-0.39, 0.29) is 16.8 Å². The summed E-state index contributed by atoms with van der Waals surface area (Å²) in [6, 6.07) is 6.98. The highest BCUT2D eigenvalue weighted by Crippen LogP contribution is 2.19. The summed E-state index contributed by atoms with van der Waals surface area (Å²) in [7, 11) is -3.71. The third kappa shape index (κ3) is 4.01. The molecule has 0 spiro atoms. The summed E-state index contributed by atoms with van der Waals surface area (Å²) < 4.78 is 27.3. The minimum atomic E-state index is -3.71. The van der Waals surface area contributed by atoms with Crippen LogP contribution in [0.3, 0.4) is 0 Å². The number of aromatic nitrogens is 1. The number of hydrogen-bond donors (Lipinski definition) is 3. The van der Waals surface area contributed by atoms with Gasteiger partial charge in [0.05, 0.1) is 5.69 Å². The fourth-order valence-electron chi connectivity index (χ4n) is 1.97. The largest absolute Gasteiger partial charge is 0.321 e. The van der Waals surface area contributed by atoms with Gasteiger partial charge in [-0.25, -0.2) is 18.1 Å². The number of pyridine rings is 1. The molecule has 0 saturated carbocycles. The normalized spacial score (nSPS) is 13.1. The standard InChI is InChI=1S/C13H18N4O2S2/c1-9(8-11-6-5-10(2)20-11)17-21(18,19)13-12(16-14)4-3-7-15-13/h3-7,9,16-17H,8,14H2,1-2H3. The van der Waals surface area contributed by atoms with Crippen LogP contribution >= 0.6 is 11.3 Å². The Kier molecular flexibility index (Phi) is 4.94. The van der Waals surface area contributed by atoms with Crippen molar-refractivity contribution in [3.8, 4) is 0 Å². The van der Waals surface area contributed by atoms with Crippen molar-refractivity contribution in [3.63, 3.8) is 0 Å². The second-order valence-corrected chi connectivity index (χ2v) is 7.74. The van der Waals surface area contributed by atoms with Gasteiger partial charge < -0.3 is 5.43 Å². The Bertz CT molecular complexity index is 712. The number of sulfonamides is 1. The quantitative estimate of drug-likeness (QED) is 0.554. The maximum atomic E-state index is 12.4. The van der Waals surface area contributed by atoms with Crippen molar-refractivity contribution in [1.29, 1.82) is 0 Å². The Hall–Kier alpha value is -1.48. The Morgan fingerprint density at radius 2 is 2.14 bits per heavy atom. The van der Waals surface area contributed by atoms with Crippen LogP contribution in [0.1, 0.15) is 16.7 Å². The summed E-state index contributed by atoms with van der Waals surface area (Å²) in [6.45, 7) is 3.85. The average molecular weight is 326 g/mol. The van der Waals surface area contributed by atoms with E-state index < -0.39 is 10.0 Å². The van der Waals surface area contributed by atoms with E-state index in [2.05, 4.69) is 15.1 Å². The number of anilines is 1. The first-order valence-electron chi connectivity index (χ1n) is 6.41. The Morgan fingerprint density at radius 3 is 2.76 bits per heavy atom.